The lowest BCUT2D eigenvalue weighted by atomic mass is 10.0. The molecule has 4 nitrogen and oxygen atoms in total. The van der Waals surface area contributed by atoms with Gasteiger partial charge in [-0.15, -0.1) is 0 Å². The molecule has 1 heterocycles. The molecule has 1 aliphatic heterocycles. The minimum Gasteiger partial charge on any atom is -0.396 e. The van der Waals surface area contributed by atoms with Crippen LogP contribution in [0.15, 0.2) is 18.2 Å². The zero-order valence-corrected chi connectivity index (χ0v) is 9.63. The van der Waals surface area contributed by atoms with Crippen LogP contribution in [0.5, 0.6) is 0 Å². The number of anilines is 2. The zero-order chi connectivity index (χ0) is 12.5. The quantitative estimate of drug-likeness (QED) is 0.773. The first kappa shape index (κ1) is 11.9. The standard InChI is InChI=1S/C12H15FN2O2/c1-12(5-2-6-17-12)11(16)15-8-3-4-10(14)9(13)7-8/h3-4,7H,2,5-6,14H2,1H3,(H,15,16). The van der Waals surface area contributed by atoms with E-state index in [1.807, 2.05) is 0 Å². The zero-order valence-electron chi connectivity index (χ0n) is 9.63. The van der Waals surface area contributed by atoms with Gasteiger partial charge in [0.25, 0.3) is 5.91 Å². The SMILES string of the molecule is CC1(C(=O)Nc2ccc(N)c(F)c2)CCCO1. The molecular weight excluding hydrogens is 223 g/mol. The van der Waals surface area contributed by atoms with Crippen molar-refractivity contribution < 1.29 is 13.9 Å². The average molecular weight is 238 g/mol. The van der Waals surface area contributed by atoms with E-state index in [1.165, 1.54) is 12.1 Å². The van der Waals surface area contributed by atoms with E-state index in [0.717, 1.165) is 6.42 Å². The first-order valence-corrected chi connectivity index (χ1v) is 5.52. The van der Waals surface area contributed by atoms with Crippen LogP contribution in [-0.2, 0) is 9.53 Å². The van der Waals surface area contributed by atoms with E-state index < -0.39 is 11.4 Å². The fraction of sp³-hybridized carbons (Fsp3) is 0.417. The van der Waals surface area contributed by atoms with Crippen molar-refractivity contribution in [2.75, 3.05) is 17.7 Å². The highest BCUT2D eigenvalue weighted by Crippen LogP contribution is 2.27. The number of carbonyl (C=O) groups excluding carboxylic acids is 1. The molecule has 1 aromatic carbocycles. The predicted molar refractivity (Wildman–Crippen MR) is 63.0 cm³/mol. The van der Waals surface area contributed by atoms with Crippen molar-refractivity contribution in [3.05, 3.63) is 24.0 Å². The highest BCUT2D eigenvalue weighted by molar-refractivity contribution is 5.97. The minimum absolute atomic E-state index is 0.0614. The Balaban J connectivity index is 2.10. The Morgan fingerprint density at radius 2 is 2.35 bits per heavy atom. The lowest BCUT2D eigenvalue weighted by Gasteiger charge is -2.21. The Labute approximate surface area is 98.9 Å². The number of amides is 1. The second-order valence-electron chi connectivity index (χ2n) is 4.37. The molecule has 1 aliphatic rings. The second-order valence-corrected chi connectivity index (χ2v) is 4.37. The molecule has 17 heavy (non-hydrogen) atoms. The Hall–Kier alpha value is -1.62. The lowest BCUT2D eigenvalue weighted by Crippen LogP contribution is -2.39. The normalized spacial score (nSPS) is 23.6. The van der Waals surface area contributed by atoms with Gasteiger partial charge in [-0.2, -0.15) is 0 Å². The summed E-state index contributed by atoms with van der Waals surface area (Å²) < 4.78 is 18.6. The van der Waals surface area contributed by atoms with Crippen molar-refractivity contribution in [3.8, 4) is 0 Å². The smallest absolute Gasteiger partial charge is 0.256 e. The van der Waals surface area contributed by atoms with Gasteiger partial charge in [0.05, 0.1) is 5.69 Å². The van der Waals surface area contributed by atoms with Gasteiger partial charge in [-0.1, -0.05) is 0 Å². The molecule has 0 radical (unpaired) electrons. The Morgan fingerprint density at radius 3 is 2.94 bits per heavy atom. The van der Waals surface area contributed by atoms with Crippen LogP contribution in [0.25, 0.3) is 0 Å². The summed E-state index contributed by atoms with van der Waals surface area (Å²) in [4.78, 5) is 11.9. The maximum atomic E-state index is 13.2. The predicted octanol–water partition coefficient (Wildman–Crippen LogP) is 1.92. The fourth-order valence-electron chi connectivity index (χ4n) is 1.83. The largest absolute Gasteiger partial charge is 0.396 e. The third-order valence-corrected chi connectivity index (χ3v) is 2.96. The van der Waals surface area contributed by atoms with Gasteiger partial charge >= 0.3 is 0 Å². The van der Waals surface area contributed by atoms with Crippen LogP contribution in [0, 0.1) is 5.82 Å². The van der Waals surface area contributed by atoms with Crippen molar-refractivity contribution in [2.45, 2.75) is 25.4 Å². The van der Waals surface area contributed by atoms with E-state index in [0.29, 0.717) is 18.7 Å². The third-order valence-electron chi connectivity index (χ3n) is 2.96. The van der Waals surface area contributed by atoms with Gasteiger partial charge in [0.2, 0.25) is 0 Å². The molecule has 2 rings (SSSR count). The number of hydrogen-bond acceptors (Lipinski definition) is 3. The van der Waals surface area contributed by atoms with Gasteiger partial charge in [0, 0.05) is 12.3 Å². The monoisotopic (exact) mass is 238 g/mol. The van der Waals surface area contributed by atoms with Crippen molar-refractivity contribution >= 4 is 17.3 Å². The van der Waals surface area contributed by atoms with E-state index in [1.54, 1.807) is 13.0 Å². The molecule has 92 valence electrons. The summed E-state index contributed by atoms with van der Waals surface area (Å²) in [7, 11) is 0. The maximum absolute atomic E-state index is 13.2. The van der Waals surface area contributed by atoms with Crippen molar-refractivity contribution in [1.29, 1.82) is 0 Å². The molecule has 1 saturated heterocycles. The number of nitrogens with one attached hydrogen (secondary N) is 1. The highest BCUT2D eigenvalue weighted by atomic mass is 19.1. The number of benzene rings is 1. The summed E-state index contributed by atoms with van der Waals surface area (Å²) in [6.45, 7) is 2.32. The van der Waals surface area contributed by atoms with Crippen LogP contribution in [-0.4, -0.2) is 18.1 Å². The number of rotatable bonds is 2. The fourth-order valence-corrected chi connectivity index (χ4v) is 1.83. The topological polar surface area (TPSA) is 64.4 Å². The first-order chi connectivity index (χ1) is 8.01. The van der Waals surface area contributed by atoms with Crippen molar-refractivity contribution in [3.63, 3.8) is 0 Å². The Kier molecular flexibility index (Phi) is 3.02. The molecule has 0 saturated carbocycles. The third kappa shape index (κ3) is 2.39. The van der Waals surface area contributed by atoms with Gasteiger partial charge in [0.1, 0.15) is 11.4 Å². The molecule has 0 aromatic heterocycles. The number of ether oxygens (including phenoxy) is 1. The molecule has 3 N–H and O–H groups in total. The second kappa shape index (κ2) is 4.33. The summed E-state index contributed by atoms with van der Waals surface area (Å²) in [5.74, 6) is -0.792. The van der Waals surface area contributed by atoms with Crippen LogP contribution < -0.4 is 11.1 Å². The van der Waals surface area contributed by atoms with Crippen LogP contribution >= 0.6 is 0 Å². The Morgan fingerprint density at radius 1 is 1.59 bits per heavy atom. The molecule has 1 aromatic rings. The van der Waals surface area contributed by atoms with Crippen LogP contribution in [0.2, 0.25) is 0 Å². The summed E-state index contributed by atoms with van der Waals surface area (Å²) in [6.07, 6.45) is 1.54. The van der Waals surface area contributed by atoms with E-state index in [2.05, 4.69) is 5.32 Å². The van der Waals surface area contributed by atoms with Gasteiger partial charge in [0.15, 0.2) is 0 Å². The van der Waals surface area contributed by atoms with E-state index in [9.17, 15) is 9.18 Å². The number of carbonyl (C=O) groups is 1. The number of nitrogen functional groups attached to an aromatic ring is 1. The molecule has 5 heteroatoms. The van der Waals surface area contributed by atoms with Gasteiger partial charge in [-0.05, 0) is 38.0 Å². The maximum Gasteiger partial charge on any atom is 0.256 e. The number of nitrogens with two attached hydrogens (primary N) is 1. The molecular formula is C12H15FN2O2. The minimum atomic E-state index is -0.808. The van der Waals surface area contributed by atoms with E-state index in [4.69, 9.17) is 10.5 Å². The molecule has 0 aliphatic carbocycles. The van der Waals surface area contributed by atoms with Gasteiger partial charge in [-0.25, -0.2) is 4.39 Å². The molecule has 0 spiro atoms. The first-order valence-electron chi connectivity index (χ1n) is 5.52. The van der Waals surface area contributed by atoms with Crippen molar-refractivity contribution in [2.24, 2.45) is 0 Å². The highest BCUT2D eigenvalue weighted by Gasteiger charge is 2.37. The van der Waals surface area contributed by atoms with E-state index >= 15 is 0 Å². The van der Waals surface area contributed by atoms with Gasteiger partial charge < -0.3 is 15.8 Å². The Bertz CT molecular complexity index is 442. The van der Waals surface area contributed by atoms with Crippen LogP contribution in [0.4, 0.5) is 15.8 Å². The molecule has 1 atom stereocenters. The summed E-state index contributed by atoms with van der Waals surface area (Å²) >= 11 is 0. The number of hydrogen-bond donors (Lipinski definition) is 2. The lowest BCUT2D eigenvalue weighted by molar-refractivity contribution is -0.133. The van der Waals surface area contributed by atoms with Crippen LogP contribution in [0.3, 0.4) is 0 Å². The number of halogens is 1. The van der Waals surface area contributed by atoms with Crippen molar-refractivity contribution in [1.82, 2.24) is 0 Å². The molecule has 1 unspecified atom stereocenters. The summed E-state index contributed by atoms with van der Waals surface area (Å²) in [5.41, 5.74) is 5.00. The average Bonchev–Trinajstić information content (AvgIpc) is 2.72. The summed E-state index contributed by atoms with van der Waals surface area (Å²) in [6, 6.07) is 4.18. The summed E-state index contributed by atoms with van der Waals surface area (Å²) in [5, 5.41) is 2.63. The molecule has 1 amide bonds. The van der Waals surface area contributed by atoms with Crippen LogP contribution in [0.1, 0.15) is 19.8 Å². The molecule has 0 bridgehead atoms. The van der Waals surface area contributed by atoms with E-state index in [-0.39, 0.29) is 11.6 Å². The molecule has 1 fully saturated rings. The van der Waals surface area contributed by atoms with Gasteiger partial charge in [-0.3, -0.25) is 4.79 Å².